The number of aryl methyl sites for hydroxylation is 1. The number of aromatic nitrogens is 4. The molecule has 0 bridgehead atoms. The first-order valence-electron chi connectivity index (χ1n) is 10.2. The van der Waals surface area contributed by atoms with E-state index in [4.69, 9.17) is 4.52 Å². The summed E-state index contributed by atoms with van der Waals surface area (Å²) in [4.78, 5) is 15.4. The van der Waals surface area contributed by atoms with E-state index >= 15 is 0 Å². The van der Waals surface area contributed by atoms with Crippen molar-refractivity contribution in [2.24, 2.45) is 0 Å². The minimum absolute atomic E-state index is 0.0418. The Morgan fingerprint density at radius 2 is 1.77 bits per heavy atom. The third-order valence-electron chi connectivity index (χ3n) is 5.12. The van der Waals surface area contributed by atoms with Crippen molar-refractivity contribution in [1.29, 1.82) is 0 Å². The van der Waals surface area contributed by atoms with Crippen molar-refractivity contribution >= 4 is 0 Å². The standard InChI is InChI=1S/C24H25N5O2/c1-17(16-30)29(14-19-7-4-3-5-8-19)15-23-27-24(28-31-23)21-10-6-9-20(13-21)22-11-12-25-18(2)26-22/h3-13,17,30H,14-16H2,1-2H3/t17-/m0/s1. The predicted octanol–water partition coefficient (Wildman–Crippen LogP) is 3.89. The zero-order valence-electron chi connectivity index (χ0n) is 17.6. The normalized spacial score (nSPS) is 12.3. The van der Waals surface area contributed by atoms with Crippen molar-refractivity contribution in [1.82, 2.24) is 25.0 Å². The van der Waals surface area contributed by atoms with Crippen LogP contribution in [0.1, 0.15) is 24.2 Å². The van der Waals surface area contributed by atoms with E-state index in [1.54, 1.807) is 6.20 Å². The molecule has 31 heavy (non-hydrogen) atoms. The van der Waals surface area contributed by atoms with Crippen LogP contribution in [0.2, 0.25) is 0 Å². The first kappa shape index (κ1) is 20.8. The fraction of sp³-hybridized carbons (Fsp3) is 0.250. The van der Waals surface area contributed by atoms with Gasteiger partial charge in [-0.25, -0.2) is 9.97 Å². The van der Waals surface area contributed by atoms with Crippen molar-refractivity contribution < 1.29 is 9.63 Å². The van der Waals surface area contributed by atoms with Crippen LogP contribution in [0.15, 0.2) is 71.4 Å². The van der Waals surface area contributed by atoms with Gasteiger partial charge in [0.15, 0.2) is 0 Å². The van der Waals surface area contributed by atoms with Crippen LogP contribution in [0.5, 0.6) is 0 Å². The fourth-order valence-electron chi connectivity index (χ4n) is 3.35. The molecule has 0 radical (unpaired) electrons. The summed E-state index contributed by atoms with van der Waals surface area (Å²) in [5.74, 6) is 1.76. The second-order valence-electron chi connectivity index (χ2n) is 7.50. The number of aliphatic hydroxyl groups is 1. The monoisotopic (exact) mass is 415 g/mol. The highest BCUT2D eigenvalue weighted by Gasteiger charge is 2.18. The van der Waals surface area contributed by atoms with Gasteiger partial charge < -0.3 is 9.63 Å². The fourth-order valence-corrected chi connectivity index (χ4v) is 3.35. The van der Waals surface area contributed by atoms with Gasteiger partial charge in [-0.05, 0) is 31.5 Å². The summed E-state index contributed by atoms with van der Waals surface area (Å²) in [6.45, 7) is 5.03. The highest BCUT2D eigenvalue weighted by molar-refractivity contribution is 5.67. The molecule has 0 spiro atoms. The number of rotatable bonds is 8. The molecule has 0 aliphatic carbocycles. The van der Waals surface area contributed by atoms with E-state index in [1.807, 2.05) is 62.4 Å². The second-order valence-corrected chi connectivity index (χ2v) is 7.50. The summed E-state index contributed by atoms with van der Waals surface area (Å²) in [7, 11) is 0. The third-order valence-corrected chi connectivity index (χ3v) is 5.12. The first-order valence-corrected chi connectivity index (χ1v) is 10.2. The predicted molar refractivity (Wildman–Crippen MR) is 118 cm³/mol. The van der Waals surface area contributed by atoms with Crippen molar-refractivity contribution in [3.05, 3.63) is 84.1 Å². The van der Waals surface area contributed by atoms with Gasteiger partial charge in [0.2, 0.25) is 11.7 Å². The van der Waals surface area contributed by atoms with Crippen molar-refractivity contribution in [3.63, 3.8) is 0 Å². The van der Waals surface area contributed by atoms with E-state index in [9.17, 15) is 5.11 Å². The number of benzene rings is 2. The van der Waals surface area contributed by atoms with Crippen LogP contribution < -0.4 is 0 Å². The minimum Gasteiger partial charge on any atom is -0.395 e. The number of nitrogens with zero attached hydrogens (tertiary/aromatic N) is 5. The molecule has 0 unspecified atom stereocenters. The number of hydrogen-bond donors (Lipinski definition) is 1. The smallest absolute Gasteiger partial charge is 0.241 e. The van der Waals surface area contributed by atoms with Crippen LogP contribution in [-0.2, 0) is 13.1 Å². The van der Waals surface area contributed by atoms with E-state index in [0.717, 1.165) is 28.2 Å². The molecule has 0 amide bonds. The van der Waals surface area contributed by atoms with E-state index in [2.05, 4.69) is 37.1 Å². The van der Waals surface area contributed by atoms with Gasteiger partial charge in [0.25, 0.3) is 0 Å². The van der Waals surface area contributed by atoms with E-state index in [0.29, 0.717) is 24.8 Å². The Kier molecular flexibility index (Phi) is 6.45. The van der Waals surface area contributed by atoms with Crippen LogP contribution in [0.4, 0.5) is 0 Å². The molecular weight excluding hydrogens is 390 g/mol. The van der Waals surface area contributed by atoms with Crippen LogP contribution in [0, 0.1) is 6.92 Å². The zero-order chi connectivity index (χ0) is 21.6. The average Bonchev–Trinajstić information content (AvgIpc) is 3.27. The first-order chi connectivity index (χ1) is 15.1. The maximum absolute atomic E-state index is 9.68. The van der Waals surface area contributed by atoms with Crippen molar-refractivity contribution in [2.75, 3.05) is 6.61 Å². The van der Waals surface area contributed by atoms with Crippen LogP contribution >= 0.6 is 0 Å². The number of hydrogen-bond acceptors (Lipinski definition) is 7. The average molecular weight is 415 g/mol. The third kappa shape index (κ3) is 5.20. The van der Waals surface area contributed by atoms with Gasteiger partial charge >= 0.3 is 0 Å². The van der Waals surface area contributed by atoms with E-state index < -0.39 is 0 Å². The molecule has 1 atom stereocenters. The largest absolute Gasteiger partial charge is 0.395 e. The maximum atomic E-state index is 9.68. The molecule has 1 N–H and O–H groups in total. The van der Waals surface area contributed by atoms with Gasteiger partial charge in [0.05, 0.1) is 18.8 Å². The van der Waals surface area contributed by atoms with Gasteiger partial charge in [0, 0.05) is 29.9 Å². The Balaban J connectivity index is 1.54. The van der Waals surface area contributed by atoms with Crippen LogP contribution in [-0.4, -0.2) is 42.8 Å². The molecule has 2 heterocycles. The molecule has 4 rings (SSSR count). The summed E-state index contributed by atoms with van der Waals surface area (Å²) >= 11 is 0. The molecule has 0 aliphatic rings. The molecule has 4 aromatic rings. The summed E-state index contributed by atoms with van der Waals surface area (Å²) in [5, 5.41) is 13.9. The lowest BCUT2D eigenvalue weighted by molar-refractivity contribution is 0.109. The lowest BCUT2D eigenvalue weighted by Gasteiger charge is -2.26. The summed E-state index contributed by atoms with van der Waals surface area (Å²) in [5.41, 5.74) is 3.83. The number of aliphatic hydroxyl groups excluding tert-OH is 1. The molecule has 2 aromatic heterocycles. The minimum atomic E-state index is -0.0418. The highest BCUT2D eigenvalue weighted by Crippen LogP contribution is 2.24. The van der Waals surface area contributed by atoms with Gasteiger partial charge in [-0.1, -0.05) is 53.7 Å². The van der Waals surface area contributed by atoms with Gasteiger partial charge in [0.1, 0.15) is 5.82 Å². The maximum Gasteiger partial charge on any atom is 0.241 e. The SMILES string of the molecule is Cc1nccc(-c2cccc(-c3noc(CN(Cc4ccccc4)[C@@H](C)CO)n3)c2)n1. The van der Waals surface area contributed by atoms with Crippen molar-refractivity contribution in [2.45, 2.75) is 33.0 Å². The molecule has 0 aliphatic heterocycles. The Morgan fingerprint density at radius 3 is 2.55 bits per heavy atom. The van der Waals surface area contributed by atoms with Crippen molar-refractivity contribution in [3.8, 4) is 22.6 Å². The van der Waals surface area contributed by atoms with E-state index in [-0.39, 0.29) is 12.6 Å². The summed E-state index contributed by atoms with van der Waals surface area (Å²) in [6, 6.07) is 19.9. The van der Waals surface area contributed by atoms with Gasteiger partial charge in [-0.2, -0.15) is 4.98 Å². The topological polar surface area (TPSA) is 88.2 Å². The lowest BCUT2D eigenvalue weighted by atomic mass is 10.1. The highest BCUT2D eigenvalue weighted by atomic mass is 16.5. The molecule has 158 valence electrons. The molecule has 0 saturated heterocycles. The second kappa shape index (κ2) is 9.59. The van der Waals surface area contributed by atoms with Crippen LogP contribution in [0.25, 0.3) is 22.6 Å². The Labute approximate surface area is 181 Å². The quantitative estimate of drug-likeness (QED) is 0.467. The molecule has 2 aromatic carbocycles. The lowest BCUT2D eigenvalue weighted by Crippen LogP contribution is -2.34. The molecule has 0 saturated carbocycles. The zero-order valence-corrected chi connectivity index (χ0v) is 17.6. The van der Waals surface area contributed by atoms with Gasteiger partial charge in [-0.3, -0.25) is 4.90 Å². The van der Waals surface area contributed by atoms with Crippen LogP contribution in [0.3, 0.4) is 0 Å². The summed E-state index contributed by atoms with van der Waals surface area (Å²) in [6.07, 6.45) is 1.75. The Bertz CT molecular complexity index is 1130. The van der Waals surface area contributed by atoms with Gasteiger partial charge in [-0.15, -0.1) is 0 Å². The van der Waals surface area contributed by atoms with E-state index in [1.165, 1.54) is 0 Å². The molecular formula is C24H25N5O2. The molecule has 0 fully saturated rings. The molecule has 7 nitrogen and oxygen atoms in total. The Morgan fingerprint density at radius 1 is 0.968 bits per heavy atom. The molecule has 7 heteroatoms. The summed E-state index contributed by atoms with van der Waals surface area (Å²) < 4.78 is 5.54. The Hall–Kier alpha value is -3.42.